The molecule has 4 heteroatoms. The van der Waals surface area contributed by atoms with Crippen LogP contribution in [0.5, 0.6) is 0 Å². The molecule has 0 aliphatic carbocycles. The van der Waals surface area contributed by atoms with Gasteiger partial charge in [0.1, 0.15) is 6.29 Å². The molecule has 0 aromatic heterocycles. The van der Waals surface area contributed by atoms with Crippen molar-refractivity contribution in [2.45, 2.75) is 6.04 Å². The molecule has 1 aromatic rings. The number of amides is 1. The van der Waals surface area contributed by atoms with E-state index in [2.05, 4.69) is 5.32 Å². The summed E-state index contributed by atoms with van der Waals surface area (Å²) in [4.78, 5) is 22.1. The average molecular weight is 205 g/mol. The minimum absolute atomic E-state index is 0.107. The largest absolute Gasteiger partial charge is 0.382 e. The molecule has 78 valence electrons. The van der Waals surface area contributed by atoms with E-state index >= 15 is 0 Å². The number of ether oxygens (including phenoxy) is 1. The maximum Gasteiger partial charge on any atom is 0.252 e. The lowest BCUT2D eigenvalue weighted by atomic mass is 10.0. The first-order valence-corrected chi connectivity index (χ1v) is 4.65. The molecule has 0 fully saturated rings. The summed E-state index contributed by atoms with van der Waals surface area (Å²) in [5.74, 6) is -0.107. The third-order valence-corrected chi connectivity index (χ3v) is 2.47. The first-order valence-electron chi connectivity index (χ1n) is 4.65. The summed E-state index contributed by atoms with van der Waals surface area (Å²) in [6.07, 6.45) is 0.771. The molecule has 1 N–H and O–H groups in total. The molecule has 1 heterocycles. The summed E-state index contributed by atoms with van der Waals surface area (Å²) < 4.78 is 5.00. The number of fused-ring (bicyclic) bond motifs is 1. The van der Waals surface area contributed by atoms with Crippen LogP contribution in [0.25, 0.3) is 0 Å². The van der Waals surface area contributed by atoms with Crippen LogP contribution in [0, 0.1) is 0 Å². The molecule has 4 nitrogen and oxygen atoms in total. The van der Waals surface area contributed by atoms with Crippen LogP contribution in [0.1, 0.15) is 32.3 Å². The highest BCUT2D eigenvalue weighted by Crippen LogP contribution is 2.25. The Morgan fingerprint density at radius 1 is 1.53 bits per heavy atom. The smallest absolute Gasteiger partial charge is 0.252 e. The minimum Gasteiger partial charge on any atom is -0.382 e. The van der Waals surface area contributed by atoms with Gasteiger partial charge in [-0.15, -0.1) is 0 Å². The van der Waals surface area contributed by atoms with Crippen molar-refractivity contribution in [1.29, 1.82) is 0 Å². The Bertz CT molecular complexity index is 414. The molecule has 1 unspecified atom stereocenters. The molecule has 1 aliphatic rings. The summed E-state index contributed by atoms with van der Waals surface area (Å²) in [7, 11) is 1.58. The van der Waals surface area contributed by atoms with Crippen LogP contribution in [0.3, 0.4) is 0 Å². The molecule has 1 aromatic carbocycles. The van der Waals surface area contributed by atoms with Crippen molar-refractivity contribution in [3.63, 3.8) is 0 Å². The van der Waals surface area contributed by atoms with E-state index in [9.17, 15) is 9.59 Å². The van der Waals surface area contributed by atoms with Crippen molar-refractivity contribution in [1.82, 2.24) is 5.32 Å². The molecule has 2 rings (SSSR count). The fourth-order valence-corrected chi connectivity index (χ4v) is 1.76. The van der Waals surface area contributed by atoms with E-state index in [0.29, 0.717) is 17.7 Å². The first-order chi connectivity index (χ1) is 7.26. The number of carbonyl (C=O) groups is 2. The molecule has 1 amide bonds. The second kappa shape index (κ2) is 3.82. The monoisotopic (exact) mass is 205 g/mol. The summed E-state index contributed by atoms with van der Waals surface area (Å²) in [5, 5.41) is 2.79. The number of aldehydes is 1. The molecule has 0 saturated carbocycles. The Balaban J connectivity index is 2.42. The standard InChI is InChI=1S/C11H11NO3/c1-15-6-10-9-4-7(5-13)2-3-8(9)11(14)12-10/h2-5,10H,6H2,1H3,(H,12,14). The van der Waals surface area contributed by atoms with Gasteiger partial charge in [0.25, 0.3) is 5.91 Å². The van der Waals surface area contributed by atoms with E-state index in [1.54, 1.807) is 25.3 Å². The Hall–Kier alpha value is -1.68. The van der Waals surface area contributed by atoms with Crippen LogP contribution < -0.4 is 5.32 Å². The quantitative estimate of drug-likeness (QED) is 0.747. The lowest BCUT2D eigenvalue weighted by Gasteiger charge is -2.09. The lowest BCUT2D eigenvalue weighted by Crippen LogP contribution is -2.22. The van der Waals surface area contributed by atoms with Gasteiger partial charge >= 0.3 is 0 Å². The van der Waals surface area contributed by atoms with Gasteiger partial charge in [0.2, 0.25) is 0 Å². The third kappa shape index (κ3) is 1.64. The third-order valence-electron chi connectivity index (χ3n) is 2.47. The second-order valence-electron chi connectivity index (χ2n) is 3.45. The normalized spacial score (nSPS) is 18.5. The van der Waals surface area contributed by atoms with Crippen molar-refractivity contribution in [3.05, 3.63) is 34.9 Å². The van der Waals surface area contributed by atoms with Gasteiger partial charge < -0.3 is 10.1 Å². The van der Waals surface area contributed by atoms with Crippen LogP contribution in [-0.4, -0.2) is 25.9 Å². The molecule has 0 spiro atoms. The molecule has 0 saturated heterocycles. The number of hydrogen-bond acceptors (Lipinski definition) is 3. The molecular formula is C11H11NO3. The fourth-order valence-electron chi connectivity index (χ4n) is 1.76. The predicted octanol–water partition coefficient (Wildman–Crippen LogP) is 0.930. The van der Waals surface area contributed by atoms with Crippen LogP contribution in [-0.2, 0) is 4.74 Å². The van der Waals surface area contributed by atoms with Crippen molar-refractivity contribution < 1.29 is 14.3 Å². The molecule has 1 atom stereocenters. The van der Waals surface area contributed by atoms with Gasteiger partial charge in [-0.2, -0.15) is 0 Å². The van der Waals surface area contributed by atoms with E-state index in [1.807, 2.05) is 0 Å². The molecule has 1 aliphatic heterocycles. The van der Waals surface area contributed by atoms with Crippen molar-refractivity contribution in [3.8, 4) is 0 Å². The summed E-state index contributed by atoms with van der Waals surface area (Å²) in [6, 6.07) is 4.89. The van der Waals surface area contributed by atoms with Crippen molar-refractivity contribution in [2.24, 2.45) is 0 Å². The average Bonchev–Trinajstić information content (AvgIpc) is 2.56. The highest BCUT2D eigenvalue weighted by molar-refractivity contribution is 5.99. The van der Waals surface area contributed by atoms with Gasteiger partial charge in [0.05, 0.1) is 12.6 Å². The van der Waals surface area contributed by atoms with Gasteiger partial charge in [-0.25, -0.2) is 0 Å². The highest BCUT2D eigenvalue weighted by atomic mass is 16.5. The summed E-state index contributed by atoms with van der Waals surface area (Å²) in [6.45, 7) is 0.418. The zero-order chi connectivity index (χ0) is 10.8. The van der Waals surface area contributed by atoms with Crippen LogP contribution in [0.2, 0.25) is 0 Å². The predicted molar refractivity (Wildman–Crippen MR) is 53.9 cm³/mol. The van der Waals surface area contributed by atoms with Gasteiger partial charge in [-0.05, 0) is 17.7 Å². The SMILES string of the molecule is COCC1NC(=O)c2ccc(C=O)cc21. The van der Waals surface area contributed by atoms with Crippen molar-refractivity contribution in [2.75, 3.05) is 13.7 Å². The van der Waals surface area contributed by atoms with Gasteiger partial charge in [0.15, 0.2) is 0 Å². The molecule has 0 radical (unpaired) electrons. The number of carbonyl (C=O) groups excluding carboxylic acids is 2. The van der Waals surface area contributed by atoms with Crippen LogP contribution in [0.4, 0.5) is 0 Å². The molecule has 0 bridgehead atoms. The van der Waals surface area contributed by atoms with E-state index in [4.69, 9.17) is 4.74 Å². The van der Waals surface area contributed by atoms with Gasteiger partial charge in [-0.1, -0.05) is 6.07 Å². The second-order valence-corrected chi connectivity index (χ2v) is 3.45. The Morgan fingerprint density at radius 3 is 3.00 bits per heavy atom. The zero-order valence-corrected chi connectivity index (χ0v) is 8.32. The molecule has 15 heavy (non-hydrogen) atoms. The number of nitrogens with one attached hydrogen (secondary N) is 1. The summed E-state index contributed by atoms with van der Waals surface area (Å²) in [5.41, 5.74) is 2.04. The minimum atomic E-state index is -0.141. The Kier molecular flexibility index (Phi) is 2.51. The number of methoxy groups -OCH3 is 1. The van der Waals surface area contributed by atoms with E-state index in [-0.39, 0.29) is 11.9 Å². The number of hydrogen-bond donors (Lipinski definition) is 1. The highest BCUT2D eigenvalue weighted by Gasteiger charge is 2.28. The first kappa shape index (κ1) is 9.86. The van der Waals surface area contributed by atoms with Crippen LogP contribution >= 0.6 is 0 Å². The van der Waals surface area contributed by atoms with E-state index in [1.165, 1.54) is 0 Å². The summed E-state index contributed by atoms with van der Waals surface area (Å²) >= 11 is 0. The maximum absolute atomic E-state index is 11.5. The van der Waals surface area contributed by atoms with Gasteiger partial charge in [-0.3, -0.25) is 9.59 Å². The number of rotatable bonds is 3. The Labute approximate surface area is 87.2 Å². The lowest BCUT2D eigenvalue weighted by molar-refractivity contribution is 0.0928. The fraction of sp³-hybridized carbons (Fsp3) is 0.273. The topological polar surface area (TPSA) is 55.4 Å². The number of benzene rings is 1. The van der Waals surface area contributed by atoms with Crippen LogP contribution in [0.15, 0.2) is 18.2 Å². The maximum atomic E-state index is 11.5. The zero-order valence-electron chi connectivity index (χ0n) is 8.32. The van der Waals surface area contributed by atoms with E-state index in [0.717, 1.165) is 11.8 Å². The van der Waals surface area contributed by atoms with E-state index < -0.39 is 0 Å². The Morgan fingerprint density at radius 2 is 2.33 bits per heavy atom. The van der Waals surface area contributed by atoms with Gasteiger partial charge in [0, 0.05) is 18.2 Å². The molecular weight excluding hydrogens is 194 g/mol. The van der Waals surface area contributed by atoms with Crippen molar-refractivity contribution >= 4 is 12.2 Å².